The Kier molecular flexibility index (Phi) is 4.66. The van der Waals surface area contributed by atoms with Crippen molar-refractivity contribution in [3.05, 3.63) is 47.5 Å². The number of hydrogen-bond acceptors (Lipinski definition) is 4. The van der Waals surface area contributed by atoms with Gasteiger partial charge in [0.2, 0.25) is 0 Å². The summed E-state index contributed by atoms with van der Waals surface area (Å²) in [5.74, 6) is 0.0118. The third kappa shape index (κ3) is 3.33. The van der Waals surface area contributed by atoms with Crippen molar-refractivity contribution in [3.63, 3.8) is 0 Å². The highest BCUT2D eigenvalue weighted by molar-refractivity contribution is 5.95. The van der Waals surface area contributed by atoms with Crippen molar-refractivity contribution in [3.8, 4) is 0 Å². The number of carbonyl (C=O) groups excluding carboxylic acids is 1. The van der Waals surface area contributed by atoms with Crippen molar-refractivity contribution in [2.75, 3.05) is 27.2 Å². The Morgan fingerprint density at radius 2 is 2.08 bits per heavy atom. The van der Waals surface area contributed by atoms with Crippen molar-refractivity contribution < 1.29 is 4.79 Å². The van der Waals surface area contributed by atoms with Crippen LogP contribution in [-0.2, 0) is 12.0 Å². The minimum atomic E-state index is -0.0387. The van der Waals surface area contributed by atoms with E-state index in [1.165, 1.54) is 5.56 Å². The first-order chi connectivity index (χ1) is 11.5. The Labute approximate surface area is 142 Å². The fraction of sp³-hybridized carbons (Fsp3) is 0.500. The number of rotatable bonds is 4. The number of aromatic nitrogens is 3. The van der Waals surface area contributed by atoms with Crippen LogP contribution in [0.25, 0.3) is 0 Å². The van der Waals surface area contributed by atoms with Crippen LogP contribution in [0.1, 0.15) is 41.4 Å². The van der Waals surface area contributed by atoms with Gasteiger partial charge < -0.3 is 4.90 Å². The van der Waals surface area contributed by atoms with Crippen LogP contribution < -0.4 is 0 Å². The van der Waals surface area contributed by atoms with Gasteiger partial charge in [-0.1, -0.05) is 13.0 Å². The van der Waals surface area contributed by atoms with Crippen molar-refractivity contribution in [1.29, 1.82) is 0 Å². The van der Waals surface area contributed by atoms with Crippen molar-refractivity contribution in [2.45, 2.75) is 31.7 Å². The van der Waals surface area contributed by atoms with E-state index in [2.05, 4.69) is 33.1 Å². The summed E-state index contributed by atoms with van der Waals surface area (Å²) in [6.07, 6.45) is 7.39. The quantitative estimate of drug-likeness (QED) is 0.933. The molecule has 0 bridgehead atoms. The molecule has 1 N–H and O–H groups in total. The molecule has 1 aliphatic heterocycles. The molecule has 24 heavy (non-hydrogen) atoms. The maximum absolute atomic E-state index is 12.4. The number of nitrogens with one attached hydrogen (secondary N) is 1. The van der Waals surface area contributed by atoms with Crippen LogP contribution in [0.5, 0.6) is 0 Å². The smallest absolute Gasteiger partial charge is 0.256 e. The highest BCUT2D eigenvalue weighted by Gasteiger charge is 2.36. The van der Waals surface area contributed by atoms with Crippen LogP contribution in [0.3, 0.4) is 0 Å². The first-order valence-corrected chi connectivity index (χ1v) is 8.36. The van der Waals surface area contributed by atoms with Crippen LogP contribution in [0.4, 0.5) is 0 Å². The summed E-state index contributed by atoms with van der Waals surface area (Å²) in [5, 5.41) is 7.23. The van der Waals surface area contributed by atoms with Gasteiger partial charge in [-0.05, 0) is 37.6 Å². The van der Waals surface area contributed by atoms with E-state index in [0.29, 0.717) is 5.56 Å². The number of likely N-dealkylation sites (tertiary alicyclic amines) is 1. The number of aromatic amines is 1. The molecule has 2 aromatic heterocycles. The van der Waals surface area contributed by atoms with E-state index in [1.54, 1.807) is 31.4 Å². The molecule has 128 valence electrons. The standard InChI is InChI=1S/C18H25N5O/c1-18(16-15(12-20-21-16)17(24)22(2)3)6-9-23(10-7-18)13-14-5-4-8-19-11-14/h4-5,8,11-12H,6-7,9-10,13H2,1-3H3,(H,20,21). The van der Waals surface area contributed by atoms with Gasteiger partial charge in [-0.2, -0.15) is 5.10 Å². The van der Waals surface area contributed by atoms with Gasteiger partial charge in [-0.15, -0.1) is 0 Å². The van der Waals surface area contributed by atoms with Gasteiger partial charge in [0.25, 0.3) is 5.91 Å². The largest absolute Gasteiger partial charge is 0.345 e. The lowest BCUT2D eigenvalue weighted by Gasteiger charge is -2.39. The van der Waals surface area contributed by atoms with E-state index < -0.39 is 0 Å². The third-order valence-corrected chi connectivity index (χ3v) is 4.97. The molecule has 0 aromatic carbocycles. The molecule has 3 rings (SSSR count). The Morgan fingerprint density at radius 3 is 2.71 bits per heavy atom. The monoisotopic (exact) mass is 327 g/mol. The number of nitrogens with zero attached hydrogens (tertiary/aromatic N) is 4. The summed E-state index contributed by atoms with van der Waals surface area (Å²) in [7, 11) is 3.55. The van der Waals surface area contributed by atoms with Crippen LogP contribution >= 0.6 is 0 Å². The van der Waals surface area contributed by atoms with E-state index in [1.807, 2.05) is 12.3 Å². The van der Waals surface area contributed by atoms with Gasteiger partial charge in [0, 0.05) is 38.4 Å². The molecule has 0 aliphatic carbocycles. The molecule has 0 saturated carbocycles. The van der Waals surface area contributed by atoms with E-state index >= 15 is 0 Å². The molecule has 0 radical (unpaired) electrons. The first kappa shape index (κ1) is 16.6. The lowest BCUT2D eigenvalue weighted by molar-refractivity contribution is 0.0822. The van der Waals surface area contributed by atoms with Gasteiger partial charge in [0.15, 0.2) is 0 Å². The Balaban J connectivity index is 1.69. The molecule has 0 atom stereocenters. The zero-order chi connectivity index (χ0) is 17.2. The Morgan fingerprint density at radius 1 is 1.33 bits per heavy atom. The zero-order valence-electron chi connectivity index (χ0n) is 14.6. The summed E-state index contributed by atoms with van der Waals surface area (Å²) in [5.41, 5.74) is 2.87. The minimum Gasteiger partial charge on any atom is -0.345 e. The summed E-state index contributed by atoms with van der Waals surface area (Å²) in [6, 6.07) is 4.09. The van der Waals surface area contributed by atoms with Gasteiger partial charge in [-0.3, -0.25) is 19.8 Å². The van der Waals surface area contributed by atoms with Crippen LogP contribution in [0, 0.1) is 0 Å². The van der Waals surface area contributed by atoms with Crippen molar-refractivity contribution >= 4 is 5.91 Å². The second-order valence-corrected chi connectivity index (χ2v) is 7.06. The molecule has 3 heterocycles. The van der Waals surface area contributed by atoms with Crippen LogP contribution in [0.15, 0.2) is 30.7 Å². The molecule has 1 fully saturated rings. The SMILES string of the molecule is CN(C)C(=O)c1cn[nH]c1C1(C)CCN(Cc2cccnc2)CC1. The lowest BCUT2D eigenvalue weighted by atomic mass is 9.76. The molecule has 6 nitrogen and oxygen atoms in total. The first-order valence-electron chi connectivity index (χ1n) is 8.36. The van der Waals surface area contributed by atoms with Crippen LogP contribution in [-0.4, -0.2) is 58.1 Å². The fourth-order valence-electron chi connectivity index (χ4n) is 3.35. The van der Waals surface area contributed by atoms with E-state index in [0.717, 1.165) is 38.2 Å². The van der Waals surface area contributed by atoms with Crippen molar-refractivity contribution in [1.82, 2.24) is 25.0 Å². The van der Waals surface area contributed by atoms with Gasteiger partial charge in [0.05, 0.1) is 17.5 Å². The summed E-state index contributed by atoms with van der Waals surface area (Å²) in [6.45, 7) is 5.16. The maximum atomic E-state index is 12.4. The molecule has 1 aliphatic rings. The third-order valence-electron chi connectivity index (χ3n) is 4.97. The average Bonchev–Trinajstić information content (AvgIpc) is 3.08. The average molecular weight is 327 g/mol. The summed E-state index contributed by atoms with van der Waals surface area (Å²) >= 11 is 0. The highest BCUT2D eigenvalue weighted by atomic mass is 16.2. The fourth-order valence-corrected chi connectivity index (χ4v) is 3.35. The topological polar surface area (TPSA) is 65.1 Å². The minimum absolute atomic E-state index is 0.0118. The molecule has 6 heteroatoms. The number of piperidine rings is 1. The maximum Gasteiger partial charge on any atom is 0.256 e. The molecular weight excluding hydrogens is 302 g/mol. The summed E-state index contributed by atoms with van der Waals surface area (Å²) in [4.78, 5) is 20.6. The second-order valence-electron chi connectivity index (χ2n) is 7.06. The molecule has 0 unspecified atom stereocenters. The Hall–Kier alpha value is -2.21. The number of hydrogen-bond donors (Lipinski definition) is 1. The lowest BCUT2D eigenvalue weighted by Crippen LogP contribution is -2.41. The van der Waals surface area contributed by atoms with Gasteiger partial charge in [0.1, 0.15) is 0 Å². The number of carbonyl (C=O) groups is 1. The van der Waals surface area contributed by atoms with Gasteiger partial charge in [-0.25, -0.2) is 0 Å². The molecule has 1 amide bonds. The molecule has 0 spiro atoms. The van der Waals surface area contributed by atoms with Crippen molar-refractivity contribution in [2.24, 2.45) is 0 Å². The predicted octanol–water partition coefficient (Wildman–Crippen LogP) is 2.06. The van der Waals surface area contributed by atoms with Gasteiger partial charge >= 0.3 is 0 Å². The number of pyridine rings is 1. The normalized spacial score (nSPS) is 17.6. The Bertz CT molecular complexity index is 686. The summed E-state index contributed by atoms with van der Waals surface area (Å²) < 4.78 is 0. The molecule has 2 aromatic rings. The van der Waals surface area contributed by atoms with E-state index in [9.17, 15) is 4.79 Å². The second kappa shape index (κ2) is 6.73. The van der Waals surface area contributed by atoms with E-state index in [4.69, 9.17) is 0 Å². The number of H-pyrrole nitrogens is 1. The molecular formula is C18H25N5O. The van der Waals surface area contributed by atoms with E-state index in [-0.39, 0.29) is 11.3 Å². The number of amides is 1. The predicted molar refractivity (Wildman–Crippen MR) is 92.7 cm³/mol. The highest BCUT2D eigenvalue weighted by Crippen LogP contribution is 2.36. The van der Waals surface area contributed by atoms with Crippen LogP contribution in [0.2, 0.25) is 0 Å². The zero-order valence-corrected chi connectivity index (χ0v) is 14.6. The molecule has 1 saturated heterocycles.